The number of amides is 1. The lowest BCUT2D eigenvalue weighted by atomic mass is 10.1. The number of benzene rings is 1. The van der Waals surface area contributed by atoms with Crippen molar-refractivity contribution in [3.8, 4) is 10.4 Å². The van der Waals surface area contributed by atoms with E-state index in [1.807, 2.05) is 44.2 Å². The highest BCUT2D eigenvalue weighted by Crippen LogP contribution is 2.35. The smallest absolute Gasteiger partial charge is 0.338 e. The largest absolute Gasteiger partial charge is 0.478 e. The first-order valence-electron chi connectivity index (χ1n) is 6.69. The van der Waals surface area contributed by atoms with Gasteiger partial charge in [0.05, 0.1) is 5.56 Å². The van der Waals surface area contributed by atoms with E-state index in [1.54, 1.807) is 6.07 Å². The van der Waals surface area contributed by atoms with Crippen molar-refractivity contribution >= 4 is 28.2 Å². The van der Waals surface area contributed by atoms with E-state index in [4.69, 9.17) is 0 Å². The molecular formula is C16H17NO3S. The van der Waals surface area contributed by atoms with Gasteiger partial charge in [-0.25, -0.2) is 4.79 Å². The van der Waals surface area contributed by atoms with Crippen molar-refractivity contribution < 1.29 is 14.7 Å². The summed E-state index contributed by atoms with van der Waals surface area (Å²) in [6.45, 7) is 3.89. The van der Waals surface area contributed by atoms with Gasteiger partial charge in [0.1, 0.15) is 5.00 Å². The van der Waals surface area contributed by atoms with Crippen LogP contribution in [0.4, 0.5) is 5.00 Å². The molecule has 1 aromatic carbocycles. The third kappa shape index (κ3) is 3.92. The number of carbonyl (C=O) groups excluding carboxylic acids is 1. The fourth-order valence-corrected chi connectivity index (χ4v) is 3.01. The minimum atomic E-state index is -1.03. The zero-order valence-electron chi connectivity index (χ0n) is 11.9. The molecule has 0 saturated heterocycles. The Balaban J connectivity index is 2.30. The first-order chi connectivity index (χ1) is 9.97. The van der Waals surface area contributed by atoms with Gasteiger partial charge in [-0.3, -0.25) is 4.79 Å². The van der Waals surface area contributed by atoms with E-state index in [1.165, 1.54) is 11.3 Å². The fraction of sp³-hybridized carbons (Fsp3) is 0.250. The maximum Gasteiger partial charge on any atom is 0.338 e. The van der Waals surface area contributed by atoms with Gasteiger partial charge in [-0.1, -0.05) is 44.2 Å². The van der Waals surface area contributed by atoms with Crippen LogP contribution in [0.1, 0.15) is 30.6 Å². The van der Waals surface area contributed by atoms with Gasteiger partial charge in [0.15, 0.2) is 0 Å². The van der Waals surface area contributed by atoms with Crippen molar-refractivity contribution in [1.82, 2.24) is 0 Å². The second-order valence-corrected chi connectivity index (χ2v) is 6.22. The Kier molecular flexibility index (Phi) is 4.75. The van der Waals surface area contributed by atoms with Crippen LogP contribution < -0.4 is 5.32 Å². The van der Waals surface area contributed by atoms with E-state index < -0.39 is 5.97 Å². The second-order valence-electron chi connectivity index (χ2n) is 5.17. The molecule has 0 aliphatic heterocycles. The van der Waals surface area contributed by atoms with Crippen LogP contribution in [0.5, 0.6) is 0 Å². The van der Waals surface area contributed by atoms with Crippen LogP contribution in [0.3, 0.4) is 0 Å². The number of hydrogen-bond donors (Lipinski definition) is 2. The molecule has 0 spiro atoms. The molecule has 1 heterocycles. The Morgan fingerprint density at radius 3 is 2.48 bits per heavy atom. The number of hydrogen-bond acceptors (Lipinski definition) is 3. The summed E-state index contributed by atoms with van der Waals surface area (Å²) in [7, 11) is 0. The predicted molar refractivity (Wildman–Crippen MR) is 84.8 cm³/mol. The fourth-order valence-electron chi connectivity index (χ4n) is 1.94. The molecule has 5 heteroatoms. The molecular weight excluding hydrogens is 286 g/mol. The number of thiophene rings is 1. The Morgan fingerprint density at radius 1 is 1.24 bits per heavy atom. The molecule has 110 valence electrons. The standard InChI is InChI=1S/C16H17NO3S/c1-10(2)8-14(18)17-15-12(16(19)20)9-13(21-15)11-6-4-3-5-7-11/h3-7,9-10H,8H2,1-2H3,(H,17,18)(H,19,20). The average Bonchev–Trinajstić information content (AvgIpc) is 2.82. The van der Waals surface area contributed by atoms with Gasteiger partial charge in [-0.2, -0.15) is 0 Å². The molecule has 1 amide bonds. The highest BCUT2D eigenvalue weighted by atomic mass is 32.1. The summed E-state index contributed by atoms with van der Waals surface area (Å²) in [6, 6.07) is 11.1. The van der Waals surface area contributed by atoms with Gasteiger partial charge in [0.25, 0.3) is 0 Å². The van der Waals surface area contributed by atoms with Crippen molar-refractivity contribution in [2.24, 2.45) is 5.92 Å². The van der Waals surface area contributed by atoms with E-state index in [2.05, 4.69) is 5.32 Å². The SMILES string of the molecule is CC(C)CC(=O)Nc1sc(-c2ccccc2)cc1C(=O)O. The number of anilines is 1. The molecule has 0 aliphatic carbocycles. The lowest BCUT2D eigenvalue weighted by Crippen LogP contribution is -2.14. The quantitative estimate of drug-likeness (QED) is 0.874. The second kappa shape index (κ2) is 6.54. The van der Waals surface area contributed by atoms with E-state index in [0.717, 1.165) is 10.4 Å². The number of carboxylic acids is 1. The Bertz CT molecular complexity index is 647. The minimum Gasteiger partial charge on any atom is -0.478 e. The van der Waals surface area contributed by atoms with Crippen LogP contribution in [0.2, 0.25) is 0 Å². The van der Waals surface area contributed by atoms with Gasteiger partial charge in [-0.05, 0) is 17.5 Å². The lowest BCUT2D eigenvalue weighted by Gasteiger charge is -2.05. The molecule has 4 nitrogen and oxygen atoms in total. The highest BCUT2D eigenvalue weighted by molar-refractivity contribution is 7.20. The summed E-state index contributed by atoms with van der Waals surface area (Å²) in [5.74, 6) is -0.964. The number of aromatic carboxylic acids is 1. The zero-order valence-corrected chi connectivity index (χ0v) is 12.7. The van der Waals surface area contributed by atoms with Crippen LogP contribution in [-0.2, 0) is 4.79 Å². The minimum absolute atomic E-state index is 0.135. The maximum absolute atomic E-state index is 11.8. The molecule has 21 heavy (non-hydrogen) atoms. The molecule has 0 unspecified atom stereocenters. The molecule has 0 saturated carbocycles. The van der Waals surface area contributed by atoms with Crippen molar-refractivity contribution in [3.05, 3.63) is 42.0 Å². The zero-order chi connectivity index (χ0) is 15.4. The van der Waals surface area contributed by atoms with Crippen LogP contribution in [0.15, 0.2) is 36.4 Å². The van der Waals surface area contributed by atoms with Crippen LogP contribution in [0, 0.1) is 5.92 Å². The third-order valence-corrected chi connectivity index (χ3v) is 3.97. The van der Waals surface area contributed by atoms with Gasteiger partial charge in [-0.15, -0.1) is 11.3 Å². The average molecular weight is 303 g/mol. The Hall–Kier alpha value is -2.14. The van der Waals surface area contributed by atoms with E-state index in [-0.39, 0.29) is 17.4 Å². The lowest BCUT2D eigenvalue weighted by molar-refractivity contribution is -0.116. The topological polar surface area (TPSA) is 66.4 Å². The van der Waals surface area contributed by atoms with Crippen molar-refractivity contribution in [3.63, 3.8) is 0 Å². The van der Waals surface area contributed by atoms with Gasteiger partial charge >= 0.3 is 5.97 Å². The molecule has 2 aromatic rings. The summed E-state index contributed by atoms with van der Waals surface area (Å²) in [4.78, 5) is 24.0. The van der Waals surface area contributed by atoms with Crippen molar-refractivity contribution in [2.75, 3.05) is 5.32 Å². The van der Waals surface area contributed by atoms with Crippen LogP contribution >= 0.6 is 11.3 Å². The number of nitrogens with one attached hydrogen (secondary N) is 1. The van der Waals surface area contributed by atoms with E-state index in [9.17, 15) is 14.7 Å². The molecule has 2 N–H and O–H groups in total. The molecule has 0 aliphatic rings. The normalized spacial score (nSPS) is 10.6. The van der Waals surface area contributed by atoms with E-state index >= 15 is 0 Å². The van der Waals surface area contributed by atoms with Crippen molar-refractivity contribution in [1.29, 1.82) is 0 Å². The first kappa shape index (κ1) is 15.3. The summed E-state index contributed by atoms with van der Waals surface area (Å²) < 4.78 is 0. The highest BCUT2D eigenvalue weighted by Gasteiger charge is 2.18. The van der Waals surface area contributed by atoms with Crippen molar-refractivity contribution in [2.45, 2.75) is 20.3 Å². The third-order valence-electron chi connectivity index (χ3n) is 2.87. The van der Waals surface area contributed by atoms with Gasteiger partial charge < -0.3 is 10.4 Å². The summed E-state index contributed by atoms with van der Waals surface area (Å²) in [5.41, 5.74) is 1.07. The molecule has 0 atom stereocenters. The maximum atomic E-state index is 11.8. The number of carbonyl (C=O) groups is 2. The Labute approximate surface area is 127 Å². The molecule has 0 bridgehead atoms. The van der Waals surface area contributed by atoms with Crippen LogP contribution in [-0.4, -0.2) is 17.0 Å². The summed E-state index contributed by atoms with van der Waals surface area (Å²) in [5, 5.41) is 12.4. The number of rotatable bonds is 5. The molecule has 2 rings (SSSR count). The monoisotopic (exact) mass is 303 g/mol. The molecule has 1 aromatic heterocycles. The molecule has 0 radical (unpaired) electrons. The van der Waals surface area contributed by atoms with Gasteiger partial charge in [0.2, 0.25) is 5.91 Å². The summed E-state index contributed by atoms with van der Waals surface area (Å²) in [6.07, 6.45) is 0.373. The first-order valence-corrected chi connectivity index (χ1v) is 7.51. The van der Waals surface area contributed by atoms with Gasteiger partial charge in [0, 0.05) is 11.3 Å². The molecule has 0 fully saturated rings. The summed E-state index contributed by atoms with van der Waals surface area (Å²) >= 11 is 1.28. The number of carboxylic acid groups (broad SMARTS) is 1. The predicted octanol–water partition coefficient (Wildman–Crippen LogP) is 4.10. The Morgan fingerprint density at radius 2 is 1.90 bits per heavy atom. The van der Waals surface area contributed by atoms with Crippen LogP contribution in [0.25, 0.3) is 10.4 Å². The van der Waals surface area contributed by atoms with E-state index in [0.29, 0.717) is 11.4 Å².